The number of aromatic nitrogens is 1. The second kappa shape index (κ2) is 7.38. The lowest BCUT2D eigenvalue weighted by molar-refractivity contribution is 0.603. The van der Waals surface area contributed by atoms with Crippen molar-refractivity contribution >= 4 is 32.4 Å². The van der Waals surface area contributed by atoms with Crippen LogP contribution in [0, 0.1) is 6.92 Å². The highest BCUT2D eigenvalue weighted by atomic mass is 79.9. The number of benzene rings is 1. The molecule has 114 valence electrons. The zero-order valence-electron chi connectivity index (χ0n) is 13.0. The predicted octanol–water partition coefficient (Wildman–Crippen LogP) is 4.52. The van der Waals surface area contributed by atoms with Crippen molar-refractivity contribution in [1.29, 1.82) is 0 Å². The normalized spacial score (nSPS) is 12.4. The van der Waals surface area contributed by atoms with Gasteiger partial charge in [0.15, 0.2) is 5.13 Å². The minimum absolute atomic E-state index is 0.363. The van der Waals surface area contributed by atoms with E-state index in [4.69, 9.17) is 4.98 Å². The molecule has 0 saturated heterocycles. The highest BCUT2D eigenvalue weighted by Crippen LogP contribution is 2.30. The second-order valence-corrected chi connectivity index (χ2v) is 7.13. The first kappa shape index (κ1) is 16.5. The van der Waals surface area contributed by atoms with Crippen LogP contribution >= 0.6 is 27.3 Å². The average molecular weight is 368 g/mol. The number of rotatable bonds is 6. The van der Waals surface area contributed by atoms with E-state index in [1.165, 1.54) is 10.4 Å². The first-order valence-corrected chi connectivity index (χ1v) is 8.78. The molecule has 2 aromatic rings. The van der Waals surface area contributed by atoms with Crippen LogP contribution in [0.1, 0.15) is 36.0 Å². The fourth-order valence-corrected chi connectivity index (χ4v) is 3.61. The molecular weight excluding hydrogens is 346 g/mol. The first-order valence-electron chi connectivity index (χ1n) is 7.17. The first-order chi connectivity index (χ1) is 10.0. The third-order valence-electron chi connectivity index (χ3n) is 3.38. The fourth-order valence-electron chi connectivity index (χ4n) is 2.29. The molecule has 0 bridgehead atoms. The lowest BCUT2D eigenvalue weighted by Gasteiger charge is -2.16. The second-order valence-electron chi connectivity index (χ2n) is 5.21. The summed E-state index contributed by atoms with van der Waals surface area (Å²) in [6, 6.07) is 8.80. The molecule has 0 aliphatic heterocycles. The van der Waals surface area contributed by atoms with Crippen LogP contribution in [-0.2, 0) is 6.54 Å². The molecule has 1 unspecified atom stereocenters. The Labute approximate surface area is 139 Å². The SMILES string of the molecule is CCNC(C)c1sc(N(C)Cc2ccc(Br)cc2)nc1C. The van der Waals surface area contributed by atoms with E-state index in [9.17, 15) is 0 Å². The molecule has 3 nitrogen and oxygen atoms in total. The van der Waals surface area contributed by atoms with Gasteiger partial charge in [0, 0.05) is 29.0 Å². The Balaban J connectivity index is 2.10. The summed E-state index contributed by atoms with van der Waals surface area (Å²) in [6.45, 7) is 8.27. The van der Waals surface area contributed by atoms with Gasteiger partial charge < -0.3 is 10.2 Å². The van der Waals surface area contributed by atoms with Crippen LogP contribution < -0.4 is 10.2 Å². The number of nitrogens with one attached hydrogen (secondary N) is 1. The molecule has 0 fully saturated rings. The summed E-state index contributed by atoms with van der Waals surface area (Å²) in [6.07, 6.45) is 0. The maximum atomic E-state index is 4.72. The Morgan fingerprint density at radius 1 is 1.33 bits per heavy atom. The molecule has 21 heavy (non-hydrogen) atoms. The molecular formula is C16H22BrN3S. The molecule has 0 spiro atoms. The van der Waals surface area contributed by atoms with Crippen LogP contribution in [0.5, 0.6) is 0 Å². The minimum Gasteiger partial charge on any atom is -0.347 e. The minimum atomic E-state index is 0.363. The van der Waals surface area contributed by atoms with Gasteiger partial charge in [0.25, 0.3) is 0 Å². The number of nitrogens with zero attached hydrogens (tertiary/aromatic N) is 2. The van der Waals surface area contributed by atoms with E-state index < -0.39 is 0 Å². The van der Waals surface area contributed by atoms with Crippen molar-refractivity contribution in [1.82, 2.24) is 10.3 Å². The van der Waals surface area contributed by atoms with Crippen LogP contribution in [-0.4, -0.2) is 18.6 Å². The molecule has 0 saturated carbocycles. The molecule has 1 atom stereocenters. The average Bonchev–Trinajstić information content (AvgIpc) is 2.84. The third kappa shape index (κ3) is 4.28. The van der Waals surface area contributed by atoms with Crippen molar-refractivity contribution in [3.63, 3.8) is 0 Å². The summed E-state index contributed by atoms with van der Waals surface area (Å²) in [5.41, 5.74) is 2.42. The molecule has 1 N–H and O–H groups in total. The van der Waals surface area contributed by atoms with Crippen molar-refractivity contribution in [2.75, 3.05) is 18.5 Å². The van der Waals surface area contributed by atoms with E-state index in [0.29, 0.717) is 6.04 Å². The Kier molecular flexibility index (Phi) is 5.79. The van der Waals surface area contributed by atoms with Gasteiger partial charge in [-0.15, -0.1) is 11.3 Å². The summed E-state index contributed by atoms with van der Waals surface area (Å²) in [5, 5.41) is 4.54. The lowest BCUT2D eigenvalue weighted by Crippen LogP contribution is -2.17. The van der Waals surface area contributed by atoms with Crippen LogP contribution in [0.25, 0.3) is 0 Å². The largest absolute Gasteiger partial charge is 0.347 e. The van der Waals surface area contributed by atoms with E-state index in [1.807, 2.05) is 0 Å². The van der Waals surface area contributed by atoms with Gasteiger partial charge in [-0.1, -0.05) is 35.0 Å². The Bertz CT molecular complexity index is 580. The molecule has 0 aliphatic rings. The molecule has 0 aliphatic carbocycles. The highest BCUT2D eigenvalue weighted by Gasteiger charge is 2.15. The zero-order valence-corrected chi connectivity index (χ0v) is 15.4. The maximum absolute atomic E-state index is 4.72. The fraction of sp³-hybridized carbons (Fsp3) is 0.438. The summed E-state index contributed by atoms with van der Waals surface area (Å²) in [5.74, 6) is 0. The molecule has 1 aromatic heterocycles. The van der Waals surface area contributed by atoms with Gasteiger partial charge in [-0.25, -0.2) is 4.98 Å². The summed E-state index contributed by atoms with van der Waals surface area (Å²) >= 11 is 5.25. The van der Waals surface area contributed by atoms with E-state index >= 15 is 0 Å². The highest BCUT2D eigenvalue weighted by molar-refractivity contribution is 9.10. The van der Waals surface area contributed by atoms with E-state index in [0.717, 1.165) is 28.4 Å². The number of halogens is 1. The summed E-state index contributed by atoms with van der Waals surface area (Å²) in [7, 11) is 2.10. The van der Waals surface area contributed by atoms with E-state index in [1.54, 1.807) is 11.3 Å². The maximum Gasteiger partial charge on any atom is 0.185 e. The van der Waals surface area contributed by atoms with Gasteiger partial charge in [0.1, 0.15) is 0 Å². The van der Waals surface area contributed by atoms with Crippen molar-refractivity contribution in [2.45, 2.75) is 33.4 Å². The molecule has 5 heteroatoms. The van der Waals surface area contributed by atoms with Gasteiger partial charge >= 0.3 is 0 Å². The van der Waals surface area contributed by atoms with Crippen molar-refractivity contribution in [2.24, 2.45) is 0 Å². The van der Waals surface area contributed by atoms with Gasteiger partial charge in [0.05, 0.1) is 5.69 Å². The van der Waals surface area contributed by atoms with E-state index in [-0.39, 0.29) is 0 Å². The van der Waals surface area contributed by atoms with Crippen LogP contribution in [0.15, 0.2) is 28.7 Å². The topological polar surface area (TPSA) is 28.2 Å². The molecule has 1 aromatic carbocycles. The third-order valence-corrected chi connectivity index (χ3v) is 5.37. The smallest absolute Gasteiger partial charge is 0.185 e. The summed E-state index contributed by atoms with van der Waals surface area (Å²) in [4.78, 5) is 8.26. The number of thiazole rings is 1. The molecule has 1 heterocycles. The van der Waals surface area contributed by atoms with Gasteiger partial charge in [-0.05, 0) is 38.1 Å². The van der Waals surface area contributed by atoms with E-state index in [2.05, 4.69) is 78.2 Å². The summed E-state index contributed by atoms with van der Waals surface area (Å²) < 4.78 is 1.11. The molecule has 0 radical (unpaired) electrons. The Hall–Kier alpha value is -0.910. The number of anilines is 1. The van der Waals surface area contributed by atoms with Crippen LogP contribution in [0.2, 0.25) is 0 Å². The van der Waals surface area contributed by atoms with Gasteiger partial charge in [0.2, 0.25) is 0 Å². The molecule has 2 rings (SSSR count). The Morgan fingerprint density at radius 2 is 2.00 bits per heavy atom. The number of hydrogen-bond acceptors (Lipinski definition) is 4. The lowest BCUT2D eigenvalue weighted by atomic mass is 10.2. The Morgan fingerprint density at radius 3 is 2.62 bits per heavy atom. The van der Waals surface area contributed by atoms with Crippen LogP contribution in [0.4, 0.5) is 5.13 Å². The zero-order chi connectivity index (χ0) is 15.4. The van der Waals surface area contributed by atoms with Crippen molar-refractivity contribution < 1.29 is 0 Å². The van der Waals surface area contributed by atoms with Crippen molar-refractivity contribution in [3.05, 3.63) is 44.9 Å². The number of aryl methyl sites for hydroxylation is 1. The standard InChI is InChI=1S/C16H22BrN3S/c1-5-18-11(2)15-12(3)19-16(21-15)20(4)10-13-6-8-14(17)9-7-13/h6-9,11,18H,5,10H2,1-4H3. The predicted molar refractivity (Wildman–Crippen MR) is 95.2 cm³/mol. The van der Waals surface area contributed by atoms with Crippen LogP contribution in [0.3, 0.4) is 0 Å². The van der Waals surface area contributed by atoms with Gasteiger partial charge in [-0.2, -0.15) is 0 Å². The van der Waals surface area contributed by atoms with Crippen molar-refractivity contribution in [3.8, 4) is 0 Å². The monoisotopic (exact) mass is 367 g/mol. The quantitative estimate of drug-likeness (QED) is 0.813. The number of hydrogen-bond donors (Lipinski definition) is 1. The van der Waals surface area contributed by atoms with Gasteiger partial charge in [-0.3, -0.25) is 0 Å². The molecule has 0 amide bonds.